The Bertz CT molecular complexity index is 798. The number of hydrogen-bond acceptors (Lipinski definition) is 6. The van der Waals surface area contributed by atoms with E-state index >= 15 is 0 Å². The van der Waals surface area contributed by atoms with Crippen LogP contribution in [0.25, 0.3) is 0 Å². The minimum absolute atomic E-state index is 0.0834. The molecular weight excluding hydrogens is 332 g/mol. The van der Waals surface area contributed by atoms with Crippen molar-refractivity contribution in [3.05, 3.63) is 69.8 Å². The fourth-order valence-corrected chi connectivity index (χ4v) is 3.12. The zero-order chi connectivity index (χ0) is 18.4. The predicted octanol–water partition coefficient (Wildman–Crippen LogP) is 2.95. The topological polar surface area (TPSA) is 91.4 Å². The molecule has 0 spiro atoms. The Morgan fingerprint density at radius 1 is 1.23 bits per heavy atom. The molecule has 1 fully saturated rings. The average molecular weight is 352 g/mol. The molecule has 3 rings (SSSR count). The Morgan fingerprint density at radius 3 is 2.62 bits per heavy atom. The molecular formula is C19H20N4O3. The van der Waals surface area contributed by atoms with Crippen molar-refractivity contribution in [2.75, 3.05) is 38.2 Å². The molecule has 2 aromatic rings. The number of benzene rings is 2. The third-order valence-corrected chi connectivity index (χ3v) is 4.49. The number of nitriles is 1. The summed E-state index contributed by atoms with van der Waals surface area (Å²) in [4.78, 5) is 12.8. The molecule has 0 aromatic heterocycles. The van der Waals surface area contributed by atoms with E-state index in [1.165, 1.54) is 17.7 Å². The second-order valence-electron chi connectivity index (χ2n) is 6.05. The number of nitro benzene ring substituents is 1. The van der Waals surface area contributed by atoms with E-state index in [0.29, 0.717) is 25.4 Å². The van der Waals surface area contributed by atoms with Crippen LogP contribution in [0.3, 0.4) is 0 Å². The van der Waals surface area contributed by atoms with Crippen LogP contribution < -0.4 is 5.32 Å². The number of anilines is 1. The average Bonchev–Trinajstić information content (AvgIpc) is 2.69. The van der Waals surface area contributed by atoms with E-state index in [-0.39, 0.29) is 17.3 Å². The van der Waals surface area contributed by atoms with Gasteiger partial charge >= 0.3 is 0 Å². The predicted molar refractivity (Wildman–Crippen MR) is 97.9 cm³/mol. The summed E-state index contributed by atoms with van der Waals surface area (Å²) in [6, 6.07) is 16.6. The number of ether oxygens (including phenoxy) is 1. The molecule has 0 aliphatic carbocycles. The van der Waals surface area contributed by atoms with Gasteiger partial charge in [0.15, 0.2) is 0 Å². The molecule has 1 aliphatic heterocycles. The summed E-state index contributed by atoms with van der Waals surface area (Å²) in [5.41, 5.74) is 1.97. The van der Waals surface area contributed by atoms with E-state index in [0.717, 1.165) is 13.1 Å². The van der Waals surface area contributed by atoms with Gasteiger partial charge in [0.1, 0.15) is 6.07 Å². The first-order chi connectivity index (χ1) is 12.7. The molecule has 26 heavy (non-hydrogen) atoms. The van der Waals surface area contributed by atoms with Gasteiger partial charge in [0.2, 0.25) is 0 Å². The van der Waals surface area contributed by atoms with Crippen molar-refractivity contribution >= 4 is 11.4 Å². The summed E-state index contributed by atoms with van der Waals surface area (Å²) >= 11 is 0. The van der Waals surface area contributed by atoms with Crippen molar-refractivity contribution in [3.8, 4) is 6.07 Å². The lowest BCUT2D eigenvalue weighted by Gasteiger charge is -2.35. The SMILES string of the molecule is N#Cc1cc([N+](=O)[O-])ccc1NC[C@H](c1ccccc1)N1CCOCC1. The number of rotatable bonds is 6. The van der Waals surface area contributed by atoms with E-state index in [9.17, 15) is 15.4 Å². The summed E-state index contributed by atoms with van der Waals surface area (Å²) in [6.07, 6.45) is 0. The maximum atomic E-state index is 10.9. The molecule has 1 heterocycles. The molecule has 1 atom stereocenters. The summed E-state index contributed by atoms with van der Waals surface area (Å²) < 4.78 is 5.45. The fourth-order valence-electron chi connectivity index (χ4n) is 3.12. The van der Waals surface area contributed by atoms with Gasteiger partial charge < -0.3 is 10.1 Å². The number of morpholine rings is 1. The molecule has 0 radical (unpaired) electrons. The molecule has 1 N–H and O–H groups in total. The quantitative estimate of drug-likeness (QED) is 0.635. The van der Waals surface area contributed by atoms with Crippen LogP contribution in [0.2, 0.25) is 0 Å². The highest BCUT2D eigenvalue weighted by molar-refractivity contribution is 5.61. The lowest BCUT2D eigenvalue weighted by atomic mass is 10.0. The third kappa shape index (κ3) is 4.17. The highest BCUT2D eigenvalue weighted by Gasteiger charge is 2.23. The molecule has 2 aromatic carbocycles. The van der Waals surface area contributed by atoms with Crippen molar-refractivity contribution in [1.82, 2.24) is 4.90 Å². The van der Waals surface area contributed by atoms with Gasteiger partial charge in [-0.1, -0.05) is 30.3 Å². The molecule has 0 bridgehead atoms. The van der Waals surface area contributed by atoms with Crippen molar-refractivity contribution in [2.24, 2.45) is 0 Å². The lowest BCUT2D eigenvalue weighted by Crippen LogP contribution is -2.41. The van der Waals surface area contributed by atoms with E-state index in [2.05, 4.69) is 22.3 Å². The molecule has 1 aliphatic rings. The molecule has 1 saturated heterocycles. The molecule has 0 unspecified atom stereocenters. The van der Waals surface area contributed by atoms with Gasteiger partial charge in [-0.05, 0) is 11.6 Å². The second kappa shape index (κ2) is 8.43. The van der Waals surface area contributed by atoms with E-state index in [1.807, 2.05) is 24.3 Å². The zero-order valence-electron chi connectivity index (χ0n) is 14.3. The van der Waals surface area contributed by atoms with E-state index in [4.69, 9.17) is 4.74 Å². The third-order valence-electron chi connectivity index (χ3n) is 4.49. The van der Waals surface area contributed by atoms with Gasteiger partial charge in [0.25, 0.3) is 5.69 Å². The van der Waals surface area contributed by atoms with Crippen LogP contribution in [-0.2, 0) is 4.74 Å². The van der Waals surface area contributed by atoms with Gasteiger partial charge in [0.05, 0.1) is 35.4 Å². The minimum Gasteiger partial charge on any atom is -0.382 e. The molecule has 7 nitrogen and oxygen atoms in total. The number of non-ortho nitro benzene ring substituents is 1. The molecule has 0 amide bonds. The van der Waals surface area contributed by atoms with Crippen molar-refractivity contribution in [2.45, 2.75) is 6.04 Å². The number of nitrogens with zero attached hydrogens (tertiary/aromatic N) is 3. The Morgan fingerprint density at radius 2 is 1.96 bits per heavy atom. The van der Waals surface area contributed by atoms with Gasteiger partial charge in [-0.25, -0.2) is 0 Å². The van der Waals surface area contributed by atoms with Gasteiger partial charge in [-0.2, -0.15) is 5.26 Å². The Hall–Kier alpha value is -2.95. The first kappa shape index (κ1) is 17.9. The summed E-state index contributed by atoms with van der Waals surface area (Å²) in [5.74, 6) is 0. The van der Waals surface area contributed by atoms with Crippen LogP contribution in [-0.4, -0.2) is 42.7 Å². The molecule has 134 valence electrons. The second-order valence-corrected chi connectivity index (χ2v) is 6.05. The Kier molecular flexibility index (Phi) is 5.79. The standard InChI is InChI=1S/C19H20N4O3/c20-13-16-12-17(23(24)25)6-7-18(16)21-14-19(15-4-2-1-3-5-15)22-8-10-26-11-9-22/h1-7,12,19,21H,8-11,14H2/t19-/m1/s1. The van der Waals surface area contributed by atoms with Crippen molar-refractivity contribution in [1.29, 1.82) is 5.26 Å². The number of nitrogens with one attached hydrogen (secondary N) is 1. The van der Waals surface area contributed by atoms with Crippen LogP contribution in [0.15, 0.2) is 48.5 Å². The van der Waals surface area contributed by atoms with Crippen molar-refractivity contribution < 1.29 is 9.66 Å². The van der Waals surface area contributed by atoms with Gasteiger partial charge in [0, 0.05) is 31.8 Å². The van der Waals surface area contributed by atoms with Gasteiger partial charge in [-0.15, -0.1) is 0 Å². The maximum Gasteiger partial charge on any atom is 0.270 e. The van der Waals surface area contributed by atoms with Crippen molar-refractivity contribution in [3.63, 3.8) is 0 Å². The summed E-state index contributed by atoms with van der Waals surface area (Å²) in [7, 11) is 0. The number of hydrogen-bond donors (Lipinski definition) is 1. The van der Waals surface area contributed by atoms with Crippen LogP contribution in [0.4, 0.5) is 11.4 Å². The largest absolute Gasteiger partial charge is 0.382 e. The highest BCUT2D eigenvalue weighted by Crippen LogP contribution is 2.25. The lowest BCUT2D eigenvalue weighted by molar-refractivity contribution is -0.384. The Labute approximate surface area is 152 Å². The van der Waals surface area contributed by atoms with Crippen LogP contribution in [0, 0.1) is 21.4 Å². The molecule has 7 heteroatoms. The van der Waals surface area contributed by atoms with Crippen LogP contribution in [0.5, 0.6) is 0 Å². The maximum absolute atomic E-state index is 10.9. The summed E-state index contributed by atoms with van der Waals surface area (Å²) in [6.45, 7) is 3.67. The smallest absolute Gasteiger partial charge is 0.270 e. The Balaban J connectivity index is 1.80. The van der Waals surface area contributed by atoms with Crippen LogP contribution >= 0.6 is 0 Å². The normalized spacial score (nSPS) is 15.8. The first-order valence-electron chi connectivity index (χ1n) is 8.48. The van der Waals surface area contributed by atoms with E-state index in [1.54, 1.807) is 6.07 Å². The van der Waals surface area contributed by atoms with Crippen LogP contribution in [0.1, 0.15) is 17.2 Å². The van der Waals surface area contributed by atoms with E-state index < -0.39 is 4.92 Å². The zero-order valence-corrected chi connectivity index (χ0v) is 14.3. The first-order valence-corrected chi connectivity index (χ1v) is 8.48. The minimum atomic E-state index is -0.495. The number of nitro groups is 1. The fraction of sp³-hybridized carbons (Fsp3) is 0.316. The summed E-state index contributed by atoms with van der Waals surface area (Å²) in [5, 5.41) is 23.5. The van der Waals surface area contributed by atoms with Gasteiger partial charge in [-0.3, -0.25) is 15.0 Å². The monoisotopic (exact) mass is 352 g/mol. The highest BCUT2D eigenvalue weighted by atomic mass is 16.6. The molecule has 0 saturated carbocycles.